The van der Waals surface area contributed by atoms with Gasteiger partial charge < -0.3 is 19.2 Å². The van der Waals surface area contributed by atoms with Gasteiger partial charge in [-0.05, 0) is 36.8 Å². The largest absolute Gasteiger partial charge is 0.497 e. The zero-order chi connectivity index (χ0) is 18.4. The van der Waals surface area contributed by atoms with Gasteiger partial charge in [0.25, 0.3) is 0 Å². The van der Waals surface area contributed by atoms with E-state index in [0.29, 0.717) is 18.3 Å². The van der Waals surface area contributed by atoms with E-state index in [9.17, 15) is 5.26 Å². The average Bonchev–Trinajstić information content (AvgIpc) is 3.08. The Kier molecular flexibility index (Phi) is 5.40. The highest BCUT2D eigenvalue weighted by atomic mass is 16.5. The van der Waals surface area contributed by atoms with Crippen LogP contribution >= 0.6 is 0 Å². The van der Waals surface area contributed by atoms with E-state index in [1.165, 1.54) is 0 Å². The molecule has 1 heterocycles. The maximum Gasteiger partial charge on any atom is 0.236 e. The lowest BCUT2D eigenvalue weighted by Gasteiger charge is -2.05. The summed E-state index contributed by atoms with van der Waals surface area (Å²) in [6, 6.07) is 17.4. The Morgan fingerprint density at radius 2 is 1.77 bits per heavy atom. The SMILES string of the molecule is COc1ccc(CNc2oc(COc3ccc(C)cc3)nc2C#N)cc1. The first-order chi connectivity index (χ1) is 12.7. The molecule has 0 spiro atoms. The number of benzene rings is 2. The van der Waals surface area contributed by atoms with Gasteiger partial charge in [0, 0.05) is 6.54 Å². The Balaban J connectivity index is 1.62. The number of hydrogen-bond acceptors (Lipinski definition) is 6. The quantitative estimate of drug-likeness (QED) is 0.693. The first kappa shape index (κ1) is 17.4. The molecular weight excluding hydrogens is 330 g/mol. The van der Waals surface area contributed by atoms with Crippen LogP contribution in [0.1, 0.15) is 22.7 Å². The van der Waals surface area contributed by atoms with Gasteiger partial charge in [0.1, 0.15) is 17.6 Å². The molecule has 0 bridgehead atoms. The van der Waals surface area contributed by atoms with Gasteiger partial charge >= 0.3 is 0 Å². The predicted molar refractivity (Wildman–Crippen MR) is 97.0 cm³/mol. The molecule has 0 unspecified atom stereocenters. The van der Waals surface area contributed by atoms with Crippen molar-refractivity contribution in [3.05, 3.63) is 71.2 Å². The minimum atomic E-state index is 0.155. The second kappa shape index (κ2) is 8.08. The standard InChI is InChI=1S/C20H19N3O3/c1-14-3-7-17(8-4-14)25-13-19-23-18(11-21)20(26-19)22-12-15-5-9-16(24-2)10-6-15/h3-10,22H,12-13H2,1-2H3. The van der Waals surface area contributed by atoms with Crippen LogP contribution in [0.3, 0.4) is 0 Å². The topological polar surface area (TPSA) is 80.3 Å². The molecule has 0 saturated carbocycles. The summed E-state index contributed by atoms with van der Waals surface area (Å²) >= 11 is 0. The zero-order valence-electron chi connectivity index (χ0n) is 14.7. The van der Waals surface area contributed by atoms with Crippen LogP contribution in [0.4, 0.5) is 5.88 Å². The van der Waals surface area contributed by atoms with Gasteiger partial charge in [-0.25, -0.2) is 0 Å². The Hall–Kier alpha value is -3.46. The lowest BCUT2D eigenvalue weighted by Crippen LogP contribution is -1.99. The first-order valence-corrected chi connectivity index (χ1v) is 8.14. The predicted octanol–water partition coefficient (Wildman–Crippen LogP) is 4.05. The minimum Gasteiger partial charge on any atom is -0.497 e. The molecule has 26 heavy (non-hydrogen) atoms. The molecule has 0 aliphatic carbocycles. The maximum atomic E-state index is 9.24. The number of nitriles is 1. The molecule has 0 aliphatic rings. The summed E-state index contributed by atoms with van der Waals surface area (Å²) in [4.78, 5) is 4.17. The van der Waals surface area contributed by atoms with Crippen LogP contribution in [0, 0.1) is 18.3 Å². The van der Waals surface area contributed by atoms with Crippen molar-refractivity contribution in [2.75, 3.05) is 12.4 Å². The first-order valence-electron chi connectivity index (χ1n) is 8.14. The van der Waals surface area contributed by atoms with E-state index in [-0.39, 0.29) is 12.3 Å². The summed E-state index contributed by atoms with van der Waals surface area (Å²) in [6.07, 6.45) is 0. The second-order valence-electron chi connectivity index (χ2n) is 5.70. The number of rotatable bonds is 7. The van der Waals surface area contributed by atoms with E-state index in [0.717, 1.165) is 22.6 Å². The summed E-state index contributed by atoms with van der Waals surface area (Å²) in [5.41, 5.74) is 2.40. The van der Waals surface area contributed by atoms with Gasteiger partial charge in [0.2, 0.25) is 17.5 Å². The van der Waals surface area contributed by atoms with Gasteiger partial charge in [-0.1, -0.05) is 29.8 Å². The highest BCUT2D eigenvalue weighted by Crippen LogP contribution is 2.20. The third-order valence-corrected chi connectivity index (χ3v) is 3.77. The molecule has 0 fully saturated rings. The van der Waals surface area contributed by atoms with Crippen molar-refractivity contribution in [3.8, 4) is 17.6 Å². The van der Waals surface area contributed by atoms with Gasteiger partial charge in [-0.2, -0.15) is 10.2 Å². The smallest absolute Gasteiger partial charge is 0.236 e. The van der Waals surface area contributed by atoms with Crippen LogP contribution < -0.4 is 14.8 Å². The number of hydrogen-bond donors (Lipinski definition) is 1. The third-order valence-electron chi connectivity index (χ3n) is 3.77. The van der Waals surface area contributed by atoms with E-state index in [2.05, 4.69) is 10.3 Å². The Morgan fingerprint density at radius 1 is 1.08 bits per heavy atom. The van der Waals surface area contributed by atoms with E-state index in [1.807, 2.05) is 61.5 Å². The fraction of sp³-hybridized carbons (Fsp3) is 0.200. The summed E-state index contributed by atoms with van der Waals surface area (Å²) in [7, 11) is 1.63. The molecule has 1 N–H and O–H groups in total. The molecule has 0 aliphatic heterocycles. The van der Waals surface area contributed by atoms with E-state index < -0.39 is 0 Å². The van der Waals surface area contributed by atoms with Crippen LogP contribution in [0.15, 0.2) is 52.9 Å². The summed E-state index contributed by atoms with van der Waals surface area (Å²) in [6.45, 7) is 2.67. The highest BCUT2D eigenvalue weighted by molar-refractivity contribution is 5.46. The molecule has 1 aromatic heterocycles. The maximum absolute atomic E-state index is 9.24. The summed E-state index contributed by atoms with van der Waals surface area (Å²) < 4.78 is 16.4. The second-order valence-corrected chi connectivity index (χ2v) is 5.70. The van der Waals surface area contributed by atoms with Gasteiger partial charge in [0.05, 0.1) is 7.11 Å². The van der Waals surface area contributed by atoms with Crippen molar-refractivity contribution in [3.63, 3.8) is 0 Å². The van der Waals surface area contributed by atoms with Gasteiger partial charge in [-0.15, -0.1) is 0 Å². The average molecular weight is 349 g/mol. The van der Waals surface area contributed by atoms with Crippen molar-refractivity contribution >= 4 is 5.88 Å². The molecule has 2 aromatic carbocycles. The number of nitrogens with zero attached hydrogens (tertiary/aromatic N) is 2. The molecular formula is C20H19N3O3. The van der Waals surface area contributed by atoms with Gasteiger partial charge in [0.15, 0.2) is 6.61 Å². The van der Waals surface area contributed by atoms with E-state index in [4.69, 9.17) is 13.9 Å². The summed E-state index contributed by atoms with van der Waals surface area (Å²) in [5.74, 6) is 2.20. The monoisotopic (exact) mass is 349 g/mol. The lowest BCUT2D eigenvalue weighted by atomic mass is 10.2. The molecule has 132 valence electrons. The van der Waals surface area contributed by atoms with Crippen LogP contribution in [-0.2, 0) is 13.2 Å². The number of oxazole rings is 1. The fourth-order valence-corrected chi connectivity index (χ4v) is 2.33. The molecule has 0 saturated heterocycles. The van der Waals surface area contributed by atoms with E-state index in [1.54, 1.807) is 7.11 Å². The number of nitrogens with one attached hydrogen (secondary N) is 1. The molecule has 0 amide bonds. The third kappa shape index (κ3) is 4.33. The molecule has 0 atom stereocenters. The van der Waals surface area contributed by atoms with Crippen molar-refractivity contribution in [2.24, 2.45) is 0 Å². The van der Waals surface area contributed by atoms with Gasteiger partial charge in [-0.3, -0.25) is 0 Å². The molecule has 6 nitrogen and oxygen atoms in total. The van der Waals surface area contributed by atoms with Crippen LogP contribution in [-0.4, -0.2) is 12.1 Å². The molecule has 6 heteroatoms. The van der Waals surface area contributed by atoms with Crippen LogP contribution in [0.25, 0.3) is 0 Å². The normalized spacial score (nSPS) is 10.2. The Bertz CT molecular complexity index is 894. The van der Waals surface area contributed by atoms with Crippen molar-refractivity contribution in [2.45, 2.75) is 20.1 Å². The van der Waals surface area contributed by atoms with Crippen molar-refractivity contribution < 1.29 is 13.9 Å². The fourth-order valence-electron chi connectivity index (χ4n) is 2.33. The number of methoxy groups -OCH3 is 1. The van der Waals surface area contributed by atoms with Crippen molar-refractivity contribution in [1.82, 2.24) is 4.98 Å². The number of aryl methyl sites for hydroxylation is 1. The Labute approximate surface area is 152 Å². The number of aromatic nitrogens is 1. The van der Waals surface area contributed by atoms with E-state index >= 15 is 0 Å². The molecule has 0 radical (unpaired) electrons. The zero-order valence-corrected chi connectivity index (χ0v) is 14.7. The number of ether oxygens (including phenoxy) is 2. The molecule has 3 aromatic rings. The summed E-state index contributed by atoms with van der Waals surface area (Å²) in [5, 5.41) is 12.3. The lowest BCUT2D eigenvalue weighted by molar-refractivity contribution is 0.264. The Morgan fingerprint density at radius 3 is 2.42 bits per heavy atom. The highest BCUT2D eigenvalue weighted by Gasteiger charge is 2.13. The number of anilines is 1. The van der Waals surface area contributed by atoms with Crippen molar-refractivity contribution in [1.29, 1.82) is 5.26 Å². The van der Waals surface area contributed by atoms with Crippen LogP contribution in [0.5, 0.6) is 11.5 Å². The minimum absolute atomic E-state index is 0.155. The van der Waals surface area contributed by atoms with Crippen LogP contribution in [0.2, 0.25) is 0 Å². The molecule has 3 rings (SSSR count).